The number of nitrogen functional groups attached to an aromatic ring is 1. The van der Waals surface area contributed by atoms with Crippen molar-refractivity contribution in [2.75, 3.05) is 5.73 Å². The first kappa shape index (κ1) is 19.6. The van der Waals surface area contributed by atoms with Crippen LogP contribution in [-0.4, -0.2) is 24.6 Å². The van der Waals surface area contributed by atoms with E-state index in [-0.39, 0.29) is 11.6 Å². The summed E-state index contributed by atoms with van der Waals surface area (Å²) in [7, 11) is 0. The number of benzene rings is 3. The van der Waals surface area contributed by atoms with Gasteiger partial charge in [0, 0.05) is 30.3 Å². The van der Waals surface area contributed by atoms with E-state index in [4.69, 9.17) is 15.7 Å². The second-order valence-corrected chi connectivity index (χ2v) is 7.78. The molecule has 0 radical (unpaired) electrons. The van der Waals surface area contributed by atoms with Crippen molar-refractivity contribution >= 4 is 11.3 Å². The summed E-state index contributed by atoms with van der Waals surface area (Å²) in [5, 5.41) is 20.6. The van der Waals surface area contributed by atoms with Crippen LogP contribution in [0.15, 0.2) is 85.1 Å². The van der Waals surface area contributed by atoms with Crippen LogP contribution in [0.2, 0.25) is 0 Å². The average molecular weight is 422 g/mol. The van der Waals surface area contributed by atoms with Crippen molar-refractivity contribution in [1.82, 2.24) is 14.4 Å². The minimum atomic E-state index is 0.0847. The van der Waals surface area contributed by atoms with Crippen LogP contribution in [0.4, 0.5) is 5.69 Å². The molecule has 0 saturated carbocycles. The Hall–Kier alpha value is -4.32. The van der Waals surface area contributed by atoms with Crippen LogP contribution in [-0.2, 0) is 12.8 Å². The van der Waals surface area contributed by atoms with Gasteiger partial charge in [0.2, 0.25) is 5.88 Å². The van der Waals surface area contributed by atoms with Crippen LogP contribution in [0.25, 0.3) is 16.9 Å². The molecule has 0 bridgehead atoms. The zero-order valence-corrected chi connectivity index (χ0v) is 17.3. The summed E-state index contributed by atoms with van der Waals surface area (Å²) in [6.07, 6.45) is 2.83. The third kappa shape index (κ3) is 3.86. The second kappa shape index (κ2) is 8.07. The lowest BCUT2D eigenvalue weighted by atomic mass is 10.1. The Morgan fingerprint density at radius 1 is 0.719 bits per heavy atom. The largest absolute Gasteiger partial charge is 0.508 e. The van der Waals surface area contributed by atoms with E-state index >= 15 is 0 Å². The molecule has 5 aromatic rings. The van der Waals surface area contributed by atoms with Gasteiger partial charge in [-0.3, -0.25) is 4.40 Å². The van der Waals surface area contributed by atoms with E-state index in [1.165, 1.54) is 0 Å². The molecule has 0 fully saturated rings. The predicted molar refractivity (Wildman–Crippen MR) is 125 cm³/mol. The van der Waals surface area contributed by atoms with Gasteiger partial charge in [0.1, 0.15) is 11.4 Å². The highest BCUT2D eigenvalue weighted by Crippen LogP contribution is 2.28. The number of rotatable bonds is 5. The number of anilines is 1. The average Bonchev–Trinajstić information content (AvgIpc) is 3.12. The maximum atomic E-state index is 11.0. The Balaban J connectivity index is 1.63. The van der Waals surface area contributed by atoms with E-state index in [0.717, 1.165) is 28.1 Å². The van der Waals surface area contributed by atoms with Gasteiger partial charge in [-0.2, -0.15) is 0 Å². The molecule has 0 amide bonds. The summed E-state index contributed by atoms with van der Waals surface area (Å²) in [5.41, 5.74) is 12.2. The van der Waals surface area contributed by atoms with E-state index < -0.39 is 0 Å². The standard InChI is InChI=1S/C26H22N4O2/c27-20-10-8-19(9-11-20)24-16-30-25(22(28-24)14-17-4-2-1-3-5-17)29-23(26(30)32)15-18-6-12-21(31)13-7-18/h1-13,16,31-32H,14-15,27H2. The topological polar surface area (TPSA) is 96.7 Å². The number of phenolic OH excluding ortho intramolecular Hbond substituents is 1. The number of hydrogen-bond donors (Lipinski definition) is 3. The monoisotopic (exact) mass is 422 g/mol. The molecular weight excluding hydrogens is 400 g/mol. The second-order valence-electron chi connectivity index (χ2n) is 7.78. The Bertz CT molecular complexity index is 1380. The molecule has 6 nitrogen and oxygen atoms in total. The lowest BCUT2D eigenvalue weighted by Gasteiger charge is -2.09. The summed E-state index contributed by atoms with van der Waals surface area (Å²) in [6.45, 7) is 0. The highest BCUT2D eigenvalue weighted by Gasteiger charge is 2.18. The molecule has 0 atom stereocenters. The van der Waals surface area contributed by atoms with Gasteiger partial charge in [0.05, 0.1) is 11.4 Å². The molecule has 0 aliphatic carbocycles. The van der Waals surface area contributed by atoms with Gasteiger partial charge in [0.25, 0.3) is 0 Å². The molecule has 0 saturated heterocycles. The van der Waals surface area contributed by atoms with Crippen molar-refractivity contribution in [3.8, 4) is 22.9 Å². The number of hydrogen-bond acceptors (Lipinski definition) is 5. The molecule has 158 valence electrons. The number of phenols is 1. The number of aromatic nitrogens is 3. The number of fused-ring (bicyclic) bond motifs is 1. The minimum absolute atomic E-state index is 0.0847. The summed E-state index contributed by atoms with van der Waals surface area (Å²) >= 11 is 0. The van der Waals surface area contributed by atoms with Crippen molar-refractivity contribution in [1.29, 1.82) is 0 Å². The van der Waals surface area contributed by atoms with Gasteiger partial charge in [-0.1, -0.05) is 54.6 Å². The lowest BCUT2D eigenvalue weighted by molar-refractivity contribution is 0.442. The molecule has 3 aromatic carbocycles. The van der Waals surface area contributed by atoms with Crippen LogP contribution in [0.3, 0.4) is 0 Å². The first-order chi connectivity index (χ1) is 15.6. The molecule has 0 spiro atoms. The number of nitrogens with zero attached hydrogens (tertiary/aromatic N) is 3. The van der Waals surface area contributed by atoms with Crippen LogP contribution < -0.4 is 5.73 Å². The highest BCUT2D eigenvalue weighted by atomic mass is 16.3. The van der Waals surface area contributed by atoms with Gasteiger partial charge in [-0.25, -0.2) is 9.97 Å². The van der Waals surface area contributed by atoms with Crippen LogP contribution in [0.1, 0.15) is 22.5 Å². The Labute approximate surface area is 185 Å². The molecular formula is C26H22N4O2. The summed E-state index contributed by atoms with van der Waals surface area (Å²) in [5.74, 6) is 0.289. The van der Waals surface area contributed by atoms with Crippen molar-refractivity contribution < 1.29 is 10.2 Å². The van der Waals surface area contributed by atoms with Crippen LogP contribution in [0, 0.1) is 0 Å². The summed E-state index contributed by atoms with van der Waals surface area (Å²) < 4.78 is 1.70. The summed E-state index contributed by atoms with van der Waals surface area (Å²) in [6, 6.07) is 24.5. The molecule has 0 unspecified atom stereocenters. The quantitative estimate of drug-likeness (QED) is 0.361. The fourth-order valence-corrected chi connectivity index (χ4v) is 3.77. The molecule has 5 rings (SSSR count). The Morgan fingerprint density at radius 2 is 1.38 bits per heavy atom. The fourth-order valence-electron chi connectivity index (χ4n) is 3.77. The molecule has 4 N–H and O–H groups in total. The zero-order valence-electron chi connectivity index (χ0n) is 17.3. The maximum Gasteiger partial charge on any atom is 0.219 e. The van der Waals surface area contributed by atoms with Gasteiger partial charge in [0.15, 0.2) is 5.65 Å². The fraction of sp³-hybridized carbons (Fsp3) is 0.0769. The van der Waals surface area contributed by atoms with Crippen molar-refractivity contribution in [2.45, 2.75) is 12.8 Å². The smallest absolute Gasteiger partial charge is 0.219 e. The molecule has 32 heavy (non-hydrogen) atoms. The van der Waals surface area contributed by atoms with Gasteiger partial charge in [-0.05, 0) is 35.4 Å². The van der Waals surface area contributed by atoms with Crippen LogP contribution >= 0.6 is 0 Å². The van der Waals surface area contributed by atoms with Gasteiger partial charge in [-0.15, -0.1) is 0 Å². The highest BCUT2D eigenvalue weighted by molar-refractivity contribution is 5.65. The van der Waals surface area contributed by atoms with E-state index in [9.17, 15) is 10.2 Å². The minimum Gasteiger partial charge on any atom is -0.508 e. The normalized spacial score (nSPS) is 11.1. The van der Waals surface area contributed by atoms with Crippen molar-refractivity contribution in [2.24, 2.45) is 0 Å². The third-order valence-corrected chi connectivity index (χ3v) is 5.45. The first-order valence-electron chi connectivity index (χ1n) is 10.3. The molecule has 2 heterocycles. The first-order valence-corrected chi connectivity index (χ1v) is 10.3. The molecule has 2 aromatic heterocycles. The maximum absolute atomic E-state index is 11.0. The zero-order chi connectivity index (χ0) is 22.1. The molecule has 6 heteroatoms. The molecule has 0 aliphatic rings. The van der Waals surface area contributed by atoms with E-state index in [0.29, 0.717) is 29.9 Å². The Morgan fingerprint density at radius 3 is 2.09 bits per heavy atom. The Kier molecular flexibility index (Phi) is 4.95. The van der Waals surface area contributed by atoms with Gasteiger partial charge < -0.3 is 15.9 Å². The van der Waals surface area contributed by atoms with Crippen molar-refractivity contribution in [3.63, 3.8) is 0 Å². The number of nitrogens with two attached hydrogens (primary N) is 1. The van der Waals surface area contributed by atoms with E-state index in [2.05, 4.69) is 0 Å². The number of imidazole rings is 1. The SMILES string of the molecule is Nc1ccc(-c2cn3c(O)c(Cc4ccc(O)cc4)nc3c(Cc3ccccc3)n2)cc1. The number of aromatic hydroxyl groups is 2. The predicted octanol–water partition coefficient (Wildman–Crippen LogP) is 4.57. The molecule has 0 aliphatic heterocycles. The third-order valence-electron chi connectivity index (χ3n) is 5.45. The lowest BCUT2D eigenvalue weighted by Crippen LogP contribution is -2.01. The van der Waals surface area contributed by atoms with Crippen LogP contribution in [0.5, 0.6) is 11.6 Å². The summed E-state index contributed by atoms with van der Waals surface area (Å²) in [4.78, 5) is 9.64. The van der Waals surface area contributed by atoms with Gasteiger partial charge >= 0.3 is 0 Å². The van der Waals surface area contributed by atoms with Crippen molar-refractivity contribution in [3.05, 3.63) is 108 Å². The van der Waals surface area contributed by atoms with E-state index in [1.807, 2.05) is 66.7 Å². The van der Waals surface area contributed by atoms with E-state index in [1.54, 1.807) is 22.7 Å².